The quantitative estimate of drug-likeness (QED) is 0.776. The molecular weight excluding hydrogens is 278 g/mol. The second-order valence-corrected chi connectivity index (χ2v) is 5.52. The number of carbonyl (C=O) groups excluding carboxylic acids is 1. The van der Waals surface area contributed by atoms with Crippen molar-refractivity contribution in [3.63, 3.8) is 0 Å². The average Bonchev–Trinajstić information content (AvgIpc) is 3.03. The Labute approximate surface area is 120 Å². The lowest BCUT2D eigenvalue weighted by Crippen LogP contribution is -2.33. The van der Waals surface area contributed by atoms with Gasteiger partial charge in [-0.1, -0.05) is 23.5 Å². The molecule has 3 heterocycles. The Morgan fingerprint density at radius 3 is 3.20 bits per heavy atom. The van der Waals surface area contributed by atoms with Gasteiger partial charge in [0, 0.05) is 19.3 Å². The number of aromatic nitrogens is 1. The Bertz CT molecular complexity index is 569. The summed E-state index contributed by atoms with van der Waals surface area (Å²) >= 11 is 1.48. The topological polar surface area (TPSA) is 54.9 Å². The van der Waals surface area contributed by atoms with Gasteiger partial charge in [0.05, 0.1) is 24.6 Å². The van der Waals surface area contributed by atoms with Crippen LogP contribution in [0.5, 0.6) is 5.19 Å². The van der Waals surface area contributed by atoms with Gasteiger partial charge in [0.15, 0.2) is 0 Å². The molecule has 0 aromatic carbocycles. The van der Waals surface area contributed by atoms with E-state index in [1.165, 1.54) is 16.4 Å². The Kier molecular flexibility index (Phi) is 3.45. The second-order valence-electron chi connectivity index (χ2n) is 4.53. The third-order valence-electron chi connectivity index (χ3n) is 3.23. The first-order valence-electron chi connectivity index (χ1n) is 6.25. The molecule has 6 nitrogen and oxygen atoms in total. The summed E-state index contributed by atoms with van der Waals surface area (Å²) in [4.78, 5) is 24.5. The molecule has 1 unspecified atom stereocenters. The van der Waals surface area contributed by atoms with Crippen LogP contribution in [0.1, 0.15) is 4.88 Å². The highest BCUT2D eigenvalue weighted by Crippen LogP contribution is 2.33. The molecule has 1 atom stereocenters. The third-order valence-corrected chi connectivity index (χ3v) is 4.26. The number of hydrogen-bond donors (Lipinski definition) is 0. The summed E-state index contributed by atoms with van der Waals surface area (Å²) in [5, 5.41) is 2.05. The molecule has 1 aromatic heterocycles. The van der Waals surface area contributed by atoms with E-state index < -0.39 is 0 Å². The number of rotatable bonds is 5. The van der Waals surface area contributed by atoms with Crippen LogP contribution in [0.15, 0.2) is 24.9 Å². The number of hydrogen-bond acceptors (Lipinski definition) is 5. The molecule has 1 fully saturated rings. The number of amides is 2. The molecule has 0 spiro atoms. The fraction of sp³-hybridized carbons (Fsp3) is 0.385. The van der Waals surface area contributed by atoms with E-state index in [0.29, 0.717) is 24.9 Å². The van der Waals surface area contributed by atoms with E-state index >= 15 is 0 Å². The summed E-state index contributed by atoms with van der Waals surface area (Å²) in [5.74, 6) is 0. The largest absolute Gasteiger partial charge is 0.473 e. The SMILES string of the molecule is C=CCON1C(=O)N2CC(c3cnc(OC)s3)=CC1C2. The highest BCUT2D eigenvalue weighted by atomic mass is 32.1. The number of fused-ring (bicyclic) bond motifs is 2. The monoisotopic (exact) mass is 293 g/mol. The van der Waals surface area contributed by atoms with Gasteiger partial charge in [-0.15, -0.1) is 6.58 Å². The Balaban J connectivity index is 1.82. The molecule has 1 aromatic rings. The molecule has 0 radical (unpaired) electrons. The molecule has 2 aliphatic heterocycles. The minimum Gasteiger partial charge on any atom is -0.473 e. The van der Waals surface area contributed by atoms with Gasteiger partial charge in [-0.3, -0.25) is 4.84 Å². The van der Waals surface area contributed by atoms with E-state index in [1.807, 2.05) is 0 Å². The Morgan fingerprint density at radius 2 is 2.50 bits per heavy atom. The van der Waals surface area contributed by atoms with Gasteiger partial charge < -0.3 is 9.64 Å². The van der Waals surface area contributed by atoms with Gasteiger partial charge >= 0.3 is 6.03 Å². The second kappa shape index (κ2) is 5.26. The fourth-order valence-corrected chi connectivity index (χ4v) is 3.09. The minimum absolute atomic E-state index is 0.0562. The number of nitrogens with zero attached hydrogens (tertiary/aromatic N) is 3. The Morgan fingerprint density at radius 1 is 1.65 bits per heavy atom. The van der Waals surface area contributed by atoms with Crippen molar-refractivity contribution in [1.29, 1.82) is 0 Å². The minimum atomic E-state index is -0.0976. The van der Waals surface area contributed by atoms with E-state index in [-0.39, 0.29) is 12.1 Å². The molecule has 2 bridgehead atoms. The zero-order valence-corrected chi connectivity index (χ0v) is 11.9. The van der Waals surface area contributed by atoms with E-state index in [9.17, 15) is 4.79 Å². The molecule has 7 heteroatoms. The highest BCUT2D eigenvalue weighted by Gasteiger charge is 2.41. The first-order valence-corrected chi connectivity index (χ1v) is 7.07. The predicted molar refractivity (Wildman–Crippen MR) is 75.4 cm³/mol. The predicted octanol–water partition coefficient (Wildman–Crippen LogP) is 1.77. The van der Waals surface area contributed by atoms with Crippen LogP contribution in [0, 0.1) is 0 Å². The van der Waals surface area contributed by atoms with Gasteiger partial charge in [0.2, 0.25) is 0 Å². The zero-order valence-electron chi connectivity index (χ0n) is 11.1. The van der Waals surface area contributed by atoms with Crippen molar-refractivity contribution in [2.24, 2.45) is 0 Å². The van der Waals surface area contributed by atoms with E-state index in [4.69, 9.17) is 9.57 Å². The van der Waals surface area contributed by atoms with E-state index in [1.54, 1.807) is 24.3 Å². The van der Waals surface area contributed by atoms with Crippen molar-refractivity contribution < 1.29 is 14.4 Å². The average molecular weight is 293 g/mol. The molecule has 0 N–H and O–H groups in total. The lowest BCUT2D eigenvalue weighted by atomic mass is 10.1. The van der Waals surface area contributed by atoms with Gasteiger partial charge in [0.1, 0.15) is 0 Å². The lowest BCUT2D eigenvalue weighted by molar-refractivity contribution is -0.107. The lowest BCUT2D eigenvalue weighted by Gasteiger charge is -2.20. The molecule has 0 saturated carbocycles. The number of urea groups is 1. The maximum Gasteiger partial charge on any atom is 0.344 e. The van der Waals surface area contributed by atoms with Crippen LogP contribution in [0.4, 0.5) is 4.79 Å². The number of thiazole rings is 1. The van der Waals surface area contributed by atoms with Crippen molar-refractivity contribution in [3.05, 3.63) is 29.8 Å². The zero-order chi connectivity index (χ0) is 14.1. The van der Waals surface area contributed by atoms with Gasteiger partial charge in [-0.25, -0.2) is 9.78 Å². The van der Waals surface area contributed by atoms with Crippen molar-refractivity contribution in [2.75, 3.05) is 26.8 Å². The molecule has 0 aliphatic carbocycles. The highest BCUT2D eigenvalue weighted by molar-refractivity contribution is 7.14. The van der Waals surface area contributed by atoms with Crippen LogP contribution in [-0.4, -0.2) is 53.8 Å². The van der Waals surface area contributed by atoms with Gasteiger partial charge in [-0.05, 0) is 5.57 Å². The van der Waals surface area contributed by atoms with Crippen LogP contribution in [0.3, 0.4) is 0 Å². The number of hydroxylamine groups is 2. The smallest absolute Gasteiger partial charge is 0.344 e. The summed E-state index contributed by atoms with van der Waals surface area (Å²) in [6.07, 6.45) is 5.47. The standard InChI is InChI=1S/C13H15N3O3S/c1-3-4-19-16-10-5-9(7-15(8-10)13(16)17)11-6-14-12(18-2)20-11/h3,5-6,10H,1,4,7-8H2,2H3. The maximum absolute atomic E-state index is 12.2. The molecule has 3 rings (SSSR count). The van der Waals surface area contributed by atoms with Crippen molar-refractivity contribution in [2.45, 2.75) is 6.04 Å². The van der Waals surface area contributed by atoms with Crippen molar-refractivity contribution >= 4 is 22.9 Å². The van der Waals surface area contributed by atoms with Gasteiger partial charge in [-0.2, -0.15) is 5.06 Å². The third kappa shape index (κ3) is 2.19. The fourth-order valence-electron chi connectivity index (χ4n) is 2.35. The molecular formula is C13H15N3O3S. The van der Waals surface area contributed by atoms with E-state index in [2.05, 4.69) is 17.6 Å². The molecule has 106 valence electrons. The summed E-state index contributed by atoms with van der Waals surface area (Å²) in [6, 6.07) is -0.154. The van der Waals surface area contributed by atoms with E-state index in [0.717, 1.165) is 10.5 Å². The summed E-state index contributed by atoms with van der Waals surface area (Å²) in [5.41, 5.74) is 1.08. The first kappa shape index (κ1) is 13.1. The van der Waals surface area contributed by atoms with Gasteiger partial charge in [0.25, 0.3) is 5.19 Å². The maximum atomic E-state index is 12.2. The van der Waals surface area contributed by atoms with Crippen LogP contribution < -0.4 is 4.74 Å². The summed E-state index contributed by atoms with van der Waals surface area (Å²) in [7, 11) is 1.60. The number of methoxy groups -OCH3 is 1. The molecule has 2 aliphatic rings. The molecule has 20 heavy (non-hydrogen) atoms. The molecule has 2 amide bonds. The first-order chi connectivity index (χ1) is 9.72. The van der Waals surface area contributed by atoms with Crippen LogP contribution in [-0.2, 0) is 4.84 Å². The van der Waals surface area contributed by atoms with Crippen LogP contribution in [0.25, 0.3) is 5.57 Å². The Hall–Kier alpha value is -1.86. The summed E-state index contributed by atoms with van der Waals surface area (Å²) < 4.78 is 5.10. The van der Waals surface area contributed by atoms with Crippen LogP contribution in [0.2, 0.25) is 0 Å². The van der Waals surface area contributed by atoms with Crippen LogP contribution >= 0.6 is 11.3 Å². The van der Waals surface area contributed by atoms with Crippen molar-refractivity contribution in [3.8, 4) is 5.19 Å². The number of carbonyl (C=O) groups is 1. The summed E-state index contributed by atoms with van der Waals surface area (Å²) in [6.45, 7) is 5.16. The number of ether oxygens (including phenoxy) is 1. The van der Waals surface area contributed by atoms with Crippen molar-refractivity contribution in [1.82, 2.24) is 14.9 Å². The normalized spacial score (nSPS) is 21.1. The molecule has 1 saturated heterocycles.